The Bertz CT molecular complexity index is 619. The largest absolute Gasteiger partial charge is 0.394 e. The zero-order valence-electron chi connectivity index (χ0n) is 11.6. The molecule has 22 heavy (non-hydrogen) atoms. The summed E-state index contributed by atoms with van der Waals surface area (Å²) in [6.45, 7) is -0.473. The third-order valence-corrected chi connectivity index (χ3v) is 3.66. The Morgan fingerprint density at radius 2 is 2.09 bits per heavy atom. The number of benzene rings is 1. The maximum Gasteiger partial charge on any atom is 0.331 e. The summed E-state index contributed by atoms with van der Waals surface area (Å²) < 4.78 is 19.1. The number of carbonyl (C=O) groups excluding carboxylic acids is 2. The third-order valence-electron chi connectivity index (χ3n) is 3.66. The quantitative estimate of drug-likeness (QED) is 0.645. The molecular formula is C15H15FN2O4. The molecule has 0 aromatic heterocycles. The van der Waals surface area contributed by atoms with Crippen molar-refractivity contribution in [3.8, 4) is 0 Å². The predicted octanol–water partition coefficient (Wildman–Crippen LogP) is 1.02. The second kappa shape index (κ2) is 5.86. The summed E-state index contributed by atoms with van der Waals surface area (Å²) in [6, 6.07) is 8.35. The molecular weight excluding hydrogens is 291 g/mol. The van der Waals surface area contributed by atoms with Gasteiger partial charge in [0.1, 0.15) is 24.2 Å². The Hall–Kier alpha value is -2.25. The Labute approximate surface area is 126 Å². The highest BCUT2D eigenvalue weighted by molar-refractivity contribution is 6.14. The van der Waals surface area contributed by atoms with Gasteiger partial charge in [0.25, 0.3) is 5.91 Å². The van der Waals surface area contributed by atoms with Crippen LogP contribution in [0.2, 0.25) is 0 Å². The lowest BCUT2D eigenvalue weighted by Gasteiger charge is -2.22. The highest BCUT2D eigenvalue weighted by atomic mass is 19.1. The SMILES string of the molecule is O=C1NC(=O)N([C@H]2C[C@H](F)[C@@H](CO)O2)/C1=C\c1ccccc1. The smallest absolute Gasteiger partial charge is 0.331 e. The van der Waals surface area contributed by atoms with E-state index >= 15 is 0 Å². The number of urea groups is 1. The van der Waals surface area contributed by atoms with Crippen molar-refractivity contribution in [1.29, 1.82) is 0 Å². The van der Waals surface area contributed by atoms with E-state index in [0.29, 0.717) is 0 Å². The van der Waals surface area contributed by atoms with E-state index in [4.69, 9.17) is 9.84 Å². The van der Waals surface area contributed by atoms with Gasteiger partial charge in [0, 0.05) is 6.42 Å². The average Bonchev–Trinajstić information content (AvgIpc) is 3.00. The van der Waals surface area contributed by atoms with Gasteiger partial charge in [-0.3, -0.25) is 15.0 Å². The van der Waals surface area contributed by atoms with Crippen LogP contribution in [0.4, 0.5) is 9.18 Å². The van der Waals surface area contributed by atoms with E-state index in [2.05, 4.69) is 5.32 Å². The summed E-state index contributed by atoms with van der Waals surface area (Å²) in [6.07, 6.45) is -1.81. The van der Waals surface area contributed by atoms with Gasteiger partial charge in [0.2, 0.25) is 0 Å². The number of rotatable bonds is 3. The summed E-state index contributed by atoms with van der Waals surface area (Å²) in [4.78, 5) is 25.0. The summed E-state index contributed by atoms with van der Waals surface area (Å²) in [5.74, 6) is -0.555. The van der Waals surface area contributed by atoms with Crippen LogP contribution in [-0.4, -0.2) is 47.1 Å². The van der Waals surface area contributed by atoms with Crippen molar-refractivity contribution in [2.24, 2.45) is 0 Å². The van der Waals surface area contributed by atoms with E-state index in [1.165, 1.54) is 0 Å². The van der Waals surface area contributed by atoms with Crippen LogP contribution in [0.15, 0.2) is 36.0 Å². The fourth-order valence-electron chi connectivity index (χ4n) is 2.58. The van der Waals surface area contributed by atoms with Gasteiger partial charge in [-0.05, 0) is 11.6 Å². The number of halogens is 1. The van der Waals surface area contributed by atoms with Gasteiger partial charge >= 0.3 is 6.03 Å². The number of alkyl halides is 1. The van der Waals surface area contributed by atoms with Crippen LogP contribution < -0.4 is 5.32 Å². The van der Waals surface area contributed by atoms with Crippen LogP contribution in [0.5, 0.6) is 0 Å². The number of nitrogens with one attached hydrogen (secondary N) is 1. The van der Waals surface area contributed by atoms with Crippen molar-refractivity contribution in [2.45, 2.75) is 24.9 Å². The van der Waals surface area contributed by atoms with Crippen molar-refractivity contribution in [3.63, 3.8) is 0 Å². The van der Waals surface area contributed by atoms with Crippen molar-refractivity contribution >= 4 is 18.0 Å². The maximum absolute atomic E-state index is 13.7. The first-order chi connectivity index (χ1) is 10.6. The molecule has 2 fully saturated rings. The van der Waals surface area contributed by atoms with E-state index in [1.54, 1.807) is 30.3 Å². The highest BCUT2D eigenvalue weighted by Crippen LogP contribution is 2.30. The van der Waals surface area contributed by atoms with Crippen molar-refractivity contribution in [3.05, 3.63) is 41.6 Å². The second-order valence-corrected chi connectivity index (χ2v) is 5.13. The highest BCUT2D eigenvalue weighted by Gasteiger charge is 2.45. The summed E-state index contributed by atoms with van der Waals surface area (Å²) >= 11 is 0. The normalized spacial score (nSPS) is 30.2. The number of aliphatic hydroxyl groups excluding tert-OH is 1. The molecule has 0 saturated carbocycles. The van der Waals surface area contributed by atoms with Gasteiger partial charge < -0.3 is 9.84 Å². The number of aliphatic hydroxyl groups is 1. The first kappa shape index (κ1) is 14.7. The summed E-state index contributed by atoms with van der Waals surface area (Å²) in [5.41, 5.74) is 0.841. The van der Waals surface area contributed by atoms with E-state index in [0.717, 1.165) is 10.5 Å². The van der Waals surface area contributed by atoms with Gasteiger partial charge in [-0.25, -0.2) is 9.18 Å². The van der Waals surface area contributed by atoms with Gasteiger partial charge in [-0.15, -0.1) is 0 Å². The Morgan fingerprint density at radius 1 is 1.36 bits per heavy atom. The molecule has 116 valence electrons. The first-order valence-corrected chi connectivity index (χ1v) is 6.92. The monoisotopic (exact) mass is 306 g/mol. The van der Waals surface area contributed by atoms with Crippen LogP contribution in [0.3, 0.4) is 0 Å². The molecule has 0 radical (unpaired) electrons. The van der Waals surface area contributed by atoms with Gasteiger partial charge in [0.05, 0.1) is 6.61 Å². The molecule has 1 aromatic rings. The molecule has 3 amide bonds. The topological polar surface area (TPSA) is 78.9 Å². The van der Waals surface area contributed by atoms with Crippen molar-refractivity contribution in [1.82, 2.24) is 10.2 Å². The first-order valence-electron chi connectivity index (χ1n) is 6.92. The molecule has 0 aliphatic carbocycles. The third kappa shape index (κ3) is 2.60. The second-order valence-electron chi connectivity index (χ2n) is 5.13. The fourth-order valence-corrected chi connectivity index (χ4v) is 2.58. The molecule has 1 aromatic carbocycles. The molecule has 0 unspecified atom stereocenters. The Balaban J connectivity index is 1.90. The lowest BCUT2D eigenvalue weighted by molar-refractivity contribution is -0.116. The molecule has 3 rings (SSSR count). The van der Waals surface area contributed by atoms with Gasteiger partial charge in [-0.1, -0.05) is 30.3 Å². The zero-order chi connectivity index (χ0) is 15.7. The van der Waals surface area contributed by atoms with Crippen LogP contribution in [0.25, 0.3) is 6.08 Å². The van der Waals surface area contributed by atoms with Crippen LogP contribution in [0, 0.1) is 0 Å². The minimum Gasteiger partial charge on any atom is -0.394 e. The number of hydrogen-bond donors (Lipinski definition) is 2. The molecule has 2 heterocycles. The molecule has 2 N–H and O–H groups in total. The standard InChI is InChI=1S/C15H15FN2O4/c16-10-7-13(22-12(10)8-19)18-11(14(20)17-15(18)21)6-9-4-2-1-3-5-9/h1-6,10,12-13,19H,7-8H2,(H,17,20,21)/b11-6-/t10-,12+,13+/m0/s1. The number of nitrogens with zero attached hydrogens (tertiary/aromatic N) is 1. The number of amides is 3. The molecule has 0 bridgehead atoms. The van der Waals surface area contributed by atoms with Crippen LogP contribution >= 0.6 is 0 Å². The summed E-state index contributed by atoms with van der Waals surface area (Å²) in [5, 5.41) is 11.2. The molecule has 2 saturated heterocycles. The van der Waals surface area contributed by atoms with Crippen molar-refractivity contribution < 1.29 is 23.8 Å². The fraction of sp³-hybridized carbons (Fsp3) is 0.333. The van der Waals surface area contributed by atoms with E-state index in [1.807, 2.05) is 6.07 Å². The maximum atomic E-state index is 13.7. The Morgan fingerprint density at radius 3 is 2.73 bits per heavy atom. The van der Waals surface area contributed by atoms with E-state index < -0.39 is 37.0 Å². The lowest BCUT2D eigenvalue weighted by Crippen LogP contribution is -2.37. The lowest BCUT2D eigenvalue weighted by atomic mass is 10.1. The van der Waals surface area contributed by atoms with E-state index in [9.17, 15) is 14.0 Å². The van der Waals surface area contributed by atoms with E-state index in [-0.39, 0.29) is 12.1 Å². The van der Waals surface area contributed by atoms with Gasteiger partial charge in [-0.2, -0.15) is 0 Å². The van der Waals surface area contributed by atoms with Crippen LogP contribution in [0.1, 0.15) is 12.0 Å². The molecule has 7 heteroatoms. The van der Waals surface area contributed by atoms with Crippen molar-refractivity contribution in [2.75, 3.05) is 6.61 Å². The Kier molecular flexibility index (Phi) is 3.91. The minimum atomic E-state index is -1.38. The number of hydrogen-bond acceptors (Lipinski definition) is 4. The average molecular weight is 306 g/mol. The zero-order valence-corrected chi connectivity index (χ0v) is 11.6. The molecule has 2 aliphatic heterocycles. The predicted molar refractivity (Wildman–Crippen MR) is 75.1 cm³/mol. The number of ether oxygens (including phenoxy) is 1. The molecule has 6 nitrogen and oxygen atoms in total. The number of imide groups is 1. The molecule has 2 aliphatic rings. The summed E-state index contributed by atoms with van der Waals surface area (Å²) in [7, 11) is 0. The molecule has 3 atom stereocenters. The minimum absolute atomic E-state index is 0.0853. The molecule has 0 spiro atoms. The number of carbonyl (C=O) groups is 2. The van der Waals surface area contributed by atoms with Gasteiger partial charge in [0.15, 0.2) is 0 Å². The van der Waals surface area contributed by atoms with Crippen LogP contribution in [-0.2, 0) is 9.53 Å².